The van der Waals surface area contributed by atoms with Gasteiger partial charge in [-0.2, -0.15) is 13.2 Å². The summed E-state index contributed by atoms with van der Waals surface area (Å²) in [6.45, 7) is 1.84. The van der Waals surface area contributed by atoms with Crippen LogP contribution in [0.3, 0.4) is 0 Å². The summed E-state index contributed by atoms with van der Waals surface area (Å²) >= 11 is 0. The Balaban J connectivity index is 1.98. The third-order valence-electron chi connectivity index (χ3n) is 3.78. The normalized spacial score (nSPS) is 11.1. The maximum atomic E-state index is 13.0. The maximum absolute atomic E-state index is 13.0. The fraction of sp³-hybridized carbons (Fsp3) is 0.263. The molecule has 0 aliphatic rings. The van der Waals surface area contributed by atoms with Crippen LogP contribution >= 0.6 is 0 Å². The molecular weight excluding hydrogens is 345 g/mol. The van der Waals surface area contributed by atoms with Gasteiger partial charge in [-0.3, -0.25) is 9.59 Å². The summed E-state index contributed by atoms with van der Waals surface area (Å²) in [5, 5.41) is 2.28. The number of rotatable bonds is 6. The summed E-state index contributed by atoms with van der Waals surface area (Å²) in [5.74, 6) is -0.793. The zero-order valence-corrected chi connectivity index (χ0v) is 14.2. The van der Waals surface area contributed by atoms with Crippen LogP contribution < -0.4 is 5.32 Å². The van der Waals surface area contributed by atoms with Crippen molar-refractivity contribution in [2.45, 2.75) is 26.1 Å². The molecule has 4 nitrogen and oxygen atoms in total. The first-order valence-corrected chi connectivity index (χ1v) is 8.03. The summed E-state index contributed by atoms with van der Waals surface area (Å²) < 4.78 is 38.9. The van der Waals surface area contributed by atoms with Gasteiger partial charge < -0.3 is 10.2 Å². The summed E-state index contributed by atoms with van der Waals surface area (Å²) in [7, 11) is 0. The Hall–Kier alpha value is -2.83. The van der Waals surface area contributed by atoms with Gasteiger partial charge in [-0.15, -0.1) is 0 Å². The molecule has 0 aliphatic heterocycles. The second-order valence-electron chi connectivity index (χ2n) is 5.77. The molecule has 0 fully saturated rings. The highest BCUT2D eigenvalue weighted by atomic mass is 19.4. The summed E-state index contributed by atoms with van der Waals surface area (Å²) in [6, 6.07) is 14.0. The van der Waals surface area contributed by atoms with Gasteiger partial charge in [-0.05, 0) is 17.7 Å². The molecule has 0 heterocycles. The molecule has 0 spiro atoms. The van der Waals surface area contributed by atoms with E-state index in [2.05, 4.69) is 5.32 Å². The van der Waals surface area contributed by atoms with Gasteiger partial charge in [0.2, 0.25) is 11.8 Å². The number of para-hydroxylation sites is 1. The topological polar surface area (TPSA) is 49.4 Å². The zero-order chi connectivity index (χ0) is 19.2. The highest BCUT2D eigenvalue weighted by molar-refractivity contribution is 5.92. The lowest BCUT2D eigenvalue weighted by atomic mass is 10.1. The van der Waals surface area contributed by atoms with Crippen molar-refractivity contribution in [3.63, 3.8) is 0 Å². The fourth-order valence-corrected chi connectivity index (χ4v) is 2.44. The molecule has 7 heteroatoms. The first-order valence-electron chi connectivity index (χ1n) is 8.03. The van der Waals surface area contributed by atoms with Crippen molar-refractivity contribution in [2.24, 2.45) is 0 Å². The number of nitrogens with one attached hydrogen (secondary N) is 1. The smallest absolute Gasteiger partial charge is 0.338 e. The Morgan fingerprint density at radius 2 is 1.62 bits per heavy atom. The Kier molecular flexibility index (Phi) is 6.38. The van der Waals surface area contributed by atoms with Crippen molar-refractivity contribution < 1.29 is 22.8 Å². The number of anilines is 1. The van der Waals surface area contributed by atoms with Gasteiger partial charge in [-0.25, -0.2) is 0 Å². The zero-order valence-electron chi connectivity index (χ0n) is 14.2. The minimum absolute atomic E-state index is 0.0986. The van der Waals surface area contributed by atoms with E-state index in [1.165, 1.54) is 30.0 Å². The number of carbonyl (C=O) groups is 2. The fourth-order valence-electron chi connectivity index (χ4n) is 2.44. The van der Waals surface area contributed by atoms with Crippen molar-refractivity contribution in [1.29, 1.82) is 0 Å². The van der Waals surface area contributed by atoms with Crippen LogP contribution in [0.15, 0.2) is 54.6 Å². The Labute approximate surface area is 149 Å². The van der Waals surface area contributed by atoms with Crippen LogP contribution in [0.2, 0.25) is 0 Å². The minimum Gasteiger partial charge on any atom is -0.338 e. The highest BCUT2D eigenvalue weighted by Crippen LogP contribution is 2.34. The van der Waals surface area contributed by atoms with Crippen LogP contribution in [0, 0.1) is 0 Å². The van der Waals surface area contributed by atoms with E-state index in [1.807, 2.05) is 30.3 Å². The van der Waals surface area contributed by atoms with Crippen molar-refractivity contribution in [1.82, 2.24) is 4.90 Å². The predicted octanol–water partition coefficient (Wildman–Crippen LogP) is 4.08. The third kappa shape index (κ3) is 5.61. The molecule has 1 N–H and O–H groups in total. The molecule has 0 radical (unpaired) electrons. The molecule has 0 bridgehead atoms. The molecule has 2 amide bonds. The number of amides is 2. The van der Waals surface area contributed by atoms with Gasteiger partial charge in [0.25, 0.3) is 0 Å². The molecule has 0 aromatic heterocycles. The molecule has 0 atom stereocenters. The molecular formula is C19H19F3N2O2. The van der Waals surface area contributed by atoms with E-state index in [0.29, 0.717) is 6.54 Å². The van der Waals surface area contributed by atoms with Gasteiger partial charge in [0, 0.05) is 26.4 Å². The van der Waals surface area contributed by atoms with Crippen molar-refractivity contribution in [3.8, 4) is 0 Å². The van der Waals surface area contributed by atoms with Crippen LogP contribution in [0.4, 0.5) is 18.9 Å². The molecule has 138 valence electrons. The van der Waals surface area contributed by atoms with E-state index in [1.54, 1.807) is 0 Å². The quantitative estimate of drug-likeness (QED) is 0.840. The van der Waals surface area contributed by atoms with E-state index in [9.17, 15) is 22.8 Å². The van der Waals surface area contributed by atoms with Gasteiger partial charge in [-0.1, -0.05) is 42.5 Å². The molecule has 2 rings (SSSR count). The number of nitrogens with zero attached hydrogens (tertiary/aromatic N) is 1. The summed E-state index contributed by atoms with van der Waals surface area (Å²) in [4.78, 5) is 25.3. The monoisotopic (exact) mass is 364 g/mol. The minimum atomic E-state index is -4.55. The lowest BCUT2D eigenvalue weighted by Crippen LogP contribution is -2.31. The number of benzene rings is 2. The first-order chi connectivity index (χ1) is 12.3. The molecule has 0 aliphatic carbocycles. The van der Waals surface area contributed by atoms with Crippen LogP contribution in [0.1, 0.15) is 24.5 Å². The average Bonchev–Trinajstić information content (AvgIpc) is 2.58. The number of hydrogen-bond donors (Lipinski definition) is 1. The second kappa shape index (κ2) is 8.51. The molecule has 2 aromatic rings. The van der Waals surface area contributed by atoms with Gasteiger partial charge in [0.05, 0.1) is 11.3 Å². The van der Waals surface area contributed by atoms with Crippen molar-refractivity contribution in [2.75, 3.05) is 11.9 Å². The first kappa shape index (κ1) is 19.5. The number of halogens is 3. The SMILES string of the molecule is CC(=O)N(CCC(=O)Nc1ccccc1C(F)(F)F)Cc1ccccc1. The van der Waals surface area contributed by atoms with Gasteiger partial charge in [0.15, 0.2) is 0 Å². The van der Waals surface area contributed by atoms with Crippen LogP contribution in [-0.2, 0) is 22.3 Å². The second-order valence-corrected chi connectivity index (χ2v) is 5.77. The Bertz CT molecular complexity index is 761. The lowest BCUT2D eigenvalue weighted by molar-refractivity contribution is -0.137. The van der Waals surface area contributed by atoms with E-state index in [4.69, 9.17) is 0 Å². The van der Waals surface area contributed by atoms with E-state index >= 15 is 0 Å². The standard InChI is InChI=1S/C19H19F3N2O2/c1-14(25)24(13-15-7-3-2-4-8-15)12-11-18(26)23-17-10-6-5-9-16(17)19(20,21)22/h2-10H,11-13H2,1H3,(H,23,26). The van der Waals surface area contributed by atoms with Crippen molar-refractivity contribution >= 4 is 17.5 Å². The van der Waals surface area contributed by atoms with Crippen molar-refractivity contribution in [3.05, 3.63) is 65.7 Å². The average molecular weight is 364 g/mol. The summed E-state index contributed by atoms with van der Waals surface area (Å²) in [6.07, 6.45) is -4.65. The Morgan fingerprint density at radius 1 is 1.00 bits per heavy atom. The largest absolute Gasteiger partial charge is 0.418 e. The third-order valence-corrected chi connectivity index (χ3v) is 3.78. The van der Waals surface area contributed by atoms with Gasteiger partial charge in [0.1, 0.15) is 0 Å². The number of alkyl halides is 3. The molecule has 0 unspecified atom stereocenters. The molecule has 0 saturated heterocycles. The maximum Gasteiger partial charge on any atom is 0.418 e. The Morgan fingerprint density at radius 3 is 2.23 bits per heavy atom. The van der Waals surface area contributed by atoms with E-state index < -0.39 is 17.6 Å². The number of carbonyl (C=O) groups excluding carboxylic acids is 2. The van der Waals surface area contributed by atoms with Crippen LogP contribution in [-0.4, -0.2) is 23.3 Å². The van der Waals surface area contributed by atoms with E-state index in [-0.39, 0.29) is 24.6 Å². The van der Waals surface area contributed by atoms with Gasteiger partial charge >= 0.3 is 6.18 Å². The lowest BCUT2D eigenvalue weighted by Gasteiger charge is -2.21. The predicted molar refractivity (Wildman–Crippen MR) is 92.2 cm³/mol. The molecule has 2 aromatic carbocycles. The van der Waals surface area contributed by atoms with E-state index in [0.717, 1.165) is 11.6 Å². The van der Waals surface area contributed by atoms with Crippen LogP contribution in [0.5, 0.6) is 0 Å². The number of hydrogen-bond acceptors (Lipinski definition) is 2. The van der Waals surface area contributed by atoms with Crippen LogP contribution in [0.25, 0.3) is 0 Å². The summed E-state index contributed by atoms with van der Waals surface area (Å²) in [5.41, 5.74) is -0.283. The highest BCUT2D eigenvalue weighted by Gasteiger charge is 2.33. The molecule has 26 heavy (non-hydrogen) atoms. The molecule has 0 saturated carbocycles.